The number of halogens is 1. The number of hydrogen-bond acceptors (Lipinski definition) is 4. The lowest BCUT2D eigenvalue weighted by atomic mass is 10.1. The molecule has 112 valence electrons. The molecular formula is C16H12FNO4. The normalized spacial score (nSPS) is 13.6. The summed E-state index contributed by atoms with van der Waals surface area (Å²) in [5, 5.41) is 19.2. The van der Waals surface area contributed by atoms with Gasteiger partial charge in [-0.25, -0.2) is 4.39 Å². The van der Waals surface area contributed by atoms with E-state index < -0.39 is 30.0 Å². The molecule has 5 nitrogen and oxygen atoms in total. The minimum absolute atomic E-state index is 0.0274. The number of aromatic hydroxyl groups is 2. The second-order valence-corrected chi connectivity index (χ2v) is 5.01. The molecule has 3 rings (SSSR count). The van der Waals surface area contributed by atoms with Gasteiger partial charge in [0.15, 0.2) is 11.5 Å². The highest BCUT2D eigenvalue weighted by Gasteiger charge is 2.38. The van der Waals surface area contributed by atoms with Crippen molar-refractivity contribution in [2.24, 2.45) is 0 Å². The summed E-state index contributed by atoms with van der Waals surface area (Å²) in [7, 11) is 0. The molecule has 2 aromatic carbocycles. The fraction of sp³-hybridized carbons (Fsp3) is 0.125. The van der Waals surface area contributed by atoms with Gasteiger partial charge in [0.25, 0.3) is 11.8 Å². The predicted octanol–water partition coefficient (Wildman–Crippen LogP) is 2.36. The van der Waals surface area contributed by atoms with Crippen LogP contribution >= 0.6 is 0 Å². The highest BCUT2D eigenvalue weighted by Crippen LogP contribution is 2.37. The molecule has 0 saturated heterocycles. The van der Waals surface area contributed by atoms with Crippen molar-refractivity contribution >= 4 is 11.8 Å². The highest BCUT2D eigenvalue weighted by atomic mass is 19.1. The Bertz CT molecular complexity index is 788. The molecule has 2 amide bonds. The Hall–Kier alpha value is -2.89. The Morgan fingerprint density at radius 1 is 1.00 bits per heavy atom. The first-order valence-corrected chi connectivity index (χ1v) is 6.58. The number of rotatable bonds is 3. The zero-order valence-corrected chi connectivity index (χ0v) is 11.4. The predicted molar refractivity (Wildman–Crippen MR) is 75.2 cm³/mol. The molecule has 2 N–H and O–H groups in total. The summed E-state index contributed by atoms with van der Waals surface area (Å²) >= 11 is 0. The summed E-state index contributed by atoms with van der Waals surface area (Å²) in [5.74, 6) is -2.29. The van der Waals surface area contributed by atoms with Crippen LogP contribution in [0.5, 0.6) is 11.5 Å². The first-order valence-electron chi connectivity index (χ1n) is 6.58. The van der Waals surface area contributed by atoms with Gasteiger partial charge in [-0.1, -0.05) is 24.3 Å². The summed E-state index contributed by atoms with van der Waals surface area (Å²) in [6, 6.07) is 8.96. The Morgan fingerprint density at radius 3 is 2.45 bits per heavy atom. The van der Waals surface area contributed by atoms with E-state index in [2.05, 4.69) is 0 Å². The maximum atomic E-state index is 12.7. The van der Waals surface area contributed by atoms with Crippen molar-refractivity contribution in [1.82, 2.24) is 4.90 Å². The molecule has 0 bridgehead atoms. The number of phenols is 2. The molecule has 0 aliphatic carbocycles. The van der Waals surface area contributed by atoms with Gasteiger partial charge >= 0.3 is 0 Å². The van der Waals surface area contributed by atoms with Crippen molar-refractivity contribution in [3.05, 3.63) is 58.7 Å². The summed E-state index contributed by atoms with van der Waals surface area (Å²) in [4.78, 5) is 25.5. The van der Waals surface area contributed by atoms with Gasteiger partial charge in [-0.05, 0) is 23.3 Å². The van der Waals surface area contributed by atoms with Gasteiger partial charge in [0.1, 0.15) is 6.67 Å². The van der Waals surface area contributed by atoms with Gasteiger partial charge in [0.05, 0.1) is 17.7 Å². The average molecular weight is 301 g/mol. The van der Waals surface area contributed by atoms with E-state index in [9.17, 15) is 24.2 Å². The number of hydrogen-bond donors (Lipinski definition) is 2. The Morgan fingerprint density at radius 2 is 1.73 bits per heavy atom. The summed E-state index contributed by atoms with van der Waals surface area (Å²) in [5.41, 5.74) is 0.900. The number of alkyl halides is 1. The number of fused-ring (bicyclic) bond motifs is 1. The average Bonchev–Trinajstić information content (AvgIpc) is 2.76. The number of benzene rings is 2. The van der Waals surface area contributed by atoms with Crippen LogP contribution in [0.4, 0.5) is 4.39 Å². The zero-order valence-electron chi connectivity index (χ0n) is 11.4. The Labute approximate surface area is 125 Å². The number of phenolic OH excluding ortho intramolecular Hbond substituents is 2. The summed E-state index contributed by atoms with van der Waals surface area (Å²) in [6.07, 6.45) is 0. The van der Waals surface area contributed by atoms with Crippen molar-refractivity contribution in [3.8, 4) is 11.5 Å². The van der Waals surface area contributed by atoms with Crippen molar-refractivity contribution < 1.29 is 24.2 Å². The van der Waals surface area contributed by atoms with Crippen LogP contribution < -0.4 is 0 Å². The third kappa shape index (κ3) is 2.09. The molecule has 0 aromatic heterocycles. The minimum Gasteiger partial charge on any atom is -0.504 e. The van der Waals surface area contributed by atoms with E-state index in [4.69, 9.17) is 0 Å². The van der Waals surface area contributed by atoms with Crippen molar-refractivity contribution in [2.75, 3.05) is 0 Å². The molecule has 6 heteroatoms. The molecular weight excluding hydrogens is 289 g/mol. The molecule has 1 aliphatic rings. The topological polar surface area (TPSA) is 77.8 Å². The first kappa shape index (κ1) is 14.1. The standard InChI is InChI=1S/C16H12FNO4/c17-7-9-2-1-3-10(6-9)8-18-15(21)11-4-5-12(19)14(20)13(11)16(18)22/h1-6,19-20H,7-8H2. The second-order valence-electron chi connectivity index (χ2n) is 5.01. The number of carbonyl (C=O) groups is 2. The van der Waals surface area contributed by atoms with Crippen LogP contribution in [0.15, 0.2) is 36.4 Å². The van der Waals surface area contributed by atoms with E-state index in [1.165, 1.54) is 6.07 Å². The van der Waals surface area contributed by atoms with Crippen molar-refractivity contribution in [1.29, 1.82) is 0 Å². The molecule has 0 unspecified atom stereocenters. The van der Waals surface area contributed by atoms with Gasteiger partial charge in [0.2, 0.25) is 0 Å². The van der Waals surface area contributed by atoms with Gasteiger partial charge < -0.3 is 10.2 Å². The molecule has 0 fully saturated rings. The lowest BCUT2D eigenvalue weighted by molar-refractivity contribution is 0.0641. The lowest BCUT2D eigenvalue weighted by Crippen LogP contribution is -2.29. The van der Waals surface area contributed by atoms with Crippen molar-refractivity contribution in [3.63, 3.8) is 0 Å². The number of amides is 2. The molecule has 0 spiro atoms. The van der Waals surface area contributed by atoms with E-state index in [0.717, 1.165) is 11.0 Å². The van der Waals surface area contributed by atoms with Crippen LogP contribution in [-0.2, 0) is 13.2 Å². The largest absolute Gasteiger partial charge is 0.504 e. The van der Waals surface area contributed by atoms with Gasteiger partial charge in [-0.3, -0.25) is 14.5 Å². The third-order valence-electron chi connectivity index (χ3n) is 3.58. The van der Waals surface area contributed by atoms with Crippen LogP contribution in [0.1, 0.15) is 31.8 Å². The van der Waals surface area contributed by atoms with E-state index in [1.807, 2.05) is 0 Å². The quantitative estimate of drug-likeness (QED) is 0.674. The number of carbonyl (C=O) groups excluding carboxylic acids is 2. The highest BCUT2D eigenvalue weighted by molar-refractivity contribution is 6.22. The van der Waals surface area contributed by atoms with Crippen LogP contribution in [0.3, 0.4) is 0 Å². The SMILES string of the molecule is O=C1c2ccc(O)c(O)c2C(=O)N1Cc1cccc(CF)c1. The molecule has 1 heterocycles. The maximum absolute atomic E-state index is 12.7. The van der Waals surface area contributed by atoms with E-state index in [0.29, 0.717) is 11.1 Å². The summed E-state index contributed by atoms with van der Waals surface area (Å²) < 4.78 is 12.7. The van der Waals surface area contributed by atoms with Gasteiger partial charge in [-0.15, -0.1) is 0 Å². The van der Waals surface area contributed by atoms with Gasteiger partial charge in [-0.2, -0.15) is 0 Å². The molecule has 0 radical (unpaired) electrons. The van der Waals surface area contributed by atoms with E-state index >= 15 is 0 Å². The fourth-order valence-corrected chi connectivity index (χ4v) is 2.48. The van der Waals surface area contributed by atoms with Crippen LogP contribution in [0.25, 0.3) is 0 Å². The number of imide groups is 1. The zero-order chi connectivity index (χ0) is 15.9. The Kier molecular flexibility index (Phi) is 3.29. The number of nitrogens with zero attached hydrogens (tertiary/aromatic N) is 1. The van der Waals surface area contributed by atoms with Crippen molar-refractivity contribution in [2.45, 2.75) is 13.2 Å². The fourth-order valence-electron chi connectivity index (χ4n) is 2.48. The molecule has 2 aromatic rings. The van der Waals surface area contributed by atoms with E-state index in [-0.39, 0.29) is 17.7 Å². The molecule has 0 atom stereocenters. The molecule has 22 heavy (non-hydrogen) atoms. The van der Waals surface area contributed by atoms with Crippen LogP contribution in [0, 0.1) is 0 Å². The first-order chi connectivity index (χ1) is 10.5. The summed E-state index contributed by atoms with van der Waals surface area (Å²) in [6.45, 7) is -0.662. The van der Waals surface area contributed by atoms with Crippen LogP contribution in [-0.4, -0.2) is 26.9 Å². The lowest BCUT2D eigenvalue weighted by Gasteiger charge is -2.14. The maximum Gasteiger partial charge on any atom is 0.265 e. The second kappa shape index (κ2) is 5.14. The Balaban J connectivity index is 1.95. The van der Waals surface area contributed by atoms with Gasteiger partial charge in [0, 0.05) is 0 Å². The molecule has 0 saturated carbocycles. The minimum atomic E-state index is -0.681. The molecule has 1 aliphatic heterocycles. The smallest absolute Gasteiger partial charge is 0.265 e. The third-order valence-corrected chi connectivity index (χ3v) is 3.58. The van der Waals surface area contributed by atoms with Crippen LogP contribution in [0.2, 0.25) is 0 Å². The monoisotopic (exact) mass is 301 g/mol. The van der Waals surface area contributed by atoms with E-state index in [1.54, 1.807) is 24.3 Å².